The van der Waals surface area contributed by atoms with Gasteiger partial charge in [-0.1, -0.05) is 12.2 Å². The molecule has 0 atom stereocenters. The first kappa shape index (κ1) is 10.3. The Morgan fingerprint density at radius 1 is 1.12 bits per heavy atom. The van der Waals surface area contributed by atoms with E-state index in [1.165, 1.54) is 18.2 Å². The molecule has 0 aromatic heterocycles. The largest absolute Gasteiger partial charge is 0.295 e. The van der Waals surface area contributed by atoms with E-state index in [4.69, 9.17) is 0 Å². The Morgan fingerprint density at radius 3 is 2.31 bits per heavy atom. The predicted octanol–water partition coefficient (Wildman–Crippen LogP) is 2.51. The number of allylic oxidation sites excluding steroid dienone is 4. The molecule has 0 amide bonds. The minimum absolute atomic E-state index is 0.0696. The van der Waals surface area contributed by atoms with Gasteiger partial charge >= 0.3 is 0 Å². The van der Waals surface area contributed by atoms with Crippen molar-refractivity contribution in [2.45, 2.75) is 6.42 Å². The van der Waals surface area contributed by atoms with Crippen molar-refractivity contribution in [3.8, 4) is 0 Å². The van der Waals surface area contributed by atoms with Crippen LogP contribution in [0.25, 0.3) is 5.57 Å². The third-order valence-electron chi connectivity index (χ3n) is 2.38. The Hall–Kier alpha value is -2.23. The number of benzene rings is 1. The van der Waals surface area contributed by atoms with Crippen molar-refractivity contribution in [2.24, 2.45) is 0 Å². The molecule has 4 nitrogen and oxygen atoms in total. The molecule has 0 fully saturated rings. The van der Waals surface area contributed by atoms with Crippen LogP contribution in [0.3, 0.4) is 0 Å². The second-order valence-electron chi connectivity index (χ2n) is 3.47. The van der Waals surface area contributed by atoms with Gasteiger partial charge in [0.1, 0.15) is 0 Å². The third-order valence-corrected chi connectivity index (χ3v) is 2.38. The first-order chi connectivity index (χ1) is 7.66. The second kappa shape index (κ2) is 4.10. The molecule has 0 aliphatic heterocycles. The lowest BCUT2D eigenvalue weighted by Crippen LogP contribution is -1.96. The highest BCUT2D eigenvalue weighted by Gasteiger charge is 2.08. The number of rotatable bonds is 2. The van der Waals surface area contributed by atoms with Gasteiger partial charge in [-0.05, 0) is 29.3 Å². The van der Waals surface area contributed by atoms with Gasteiger partial charge in [0.05, 0.1) is 4.92 Å². The van der Waals surface area contributed by atoms with Crippen molar-refractivity contribution in [1.82, 2.24) is 0 Å². The topological polar surface area (TPSA) is 60.2 Å². The summed E-state index contributed by atoms with van der Waals surface area (Å²) >= 11 is 0. The third kappa shape index (κ3) is 2.06. The maximum absolute atomic E-state index is 11.0. The lowest BCUT2D eigenvalue weighted by Gasteiger charge is -2.05. The van der Waals surface area contributed by atoms with Crippen LogP contribution in [-0.2, 0) is 4.79 Å². The summed E-state index contributed by atoms with van der Waals surface area (Å²) in [6.45, 7) is 0. The average Bonchev–Trinajstić information content (AvgIpc) is 2.30. The van der Waals surface area contributed by atoms with E-state index in [1.807, 2.05) is 6.08 Å². The first-order valence-electron chi connectivity index (χ1n) is 4.83. The molecule has 0 saturated heterocycles. The van der Waals surface area contributed by atoms with Crippen LogP contribution in [0.5, 0.6) is 0 Å². The summed E-state index contributed by atoms with van der Waals surface area (Å²) in [4.78, 5) is 21.0. The molecule has 1 aliphatic carbocycles. The van der Waals surface area contributed by atoms with E-state index in [9.17, 15) is 14.9 Å². The first-order valence-corrected chi connectivity index (χ1v) is 4.83. The molecule has 0 spiro atoms. The van der Waals surface area contributed by atoms with Crippen LogP contribution in [-0.4, -0.2) is 10.7 Å². The fourth-order valence-electron chi connectivity index (χ4n) is 1.52. The normalized spacial score (nSPS) is 14.8. The van der Waals surface area contributed by atoms with Crippen molar-refractivity contribution in [3.63, 3.8) is 0 Å². The summed E-state index contributed by atoms with van der Waals surface area (Å²) in [5, 5.41) is 10.5. The molecule has 1 aromatic rings. The van der Waals surface area contributed by atoms with Crippen LogP contribution >= 0.6 is 0 Å². The zero-order valence-corrected chi connectivity index (χ0v) is 8.42. The van der Waals surface area contributed by atoms with E-state index in [1.54, 1.807) is 18.2 Å². The number of ketones is 1. The quantitative estimate of drug-likeness (QED) is 0.562. The minimum Gasteiger partial charge on any atom is -0.295 e. The fourth-order valence-corrected chi connectivity index (χ4v) is 1.52. The molecular weight excluding hydrogens is 206 g/mol. The highest BCUT2D eigenvalue weighted by Crippen LogP contribution is 2.22. The molecule has 0 saturated carbocycles. The molecule has 80 valence electrons. The maximum Gasteiger partial charge on any atom is 0.269 e. The van der Waals surface area contributed by atoms with E-state index < -0.39 is 4.92 Å². The van der Waals surface area contributed by atoms with Crippen molar-refractivity contribution in [1.29, 1.82) is 0 Å². The molecule has 4 heteroatoms. The Morgan fingerprint density at radius 2 is 1.81 bits per heavy atom. The van der Waals surface area contributed by atoms with Gasteiger partial charge in [-0.2, -0.15) is 0 Å². The van der Waals surface area contributed by atoms with E-state index in [0.29, 0.717) is 6.42 Å². The van der Waals surface area contributed by atoms with Crippen LogP contribution in [0.15, 0.2) is 42.5 Å². The van der Waals surface area contributed by atoms with Crippen LogP contribution in [0, 0.1) is 10.1 Å². The molecule has 1 aromatic carbocycles. The molecule has 2 rings (SSSR count). The lowest BCUT2D eigenvalue weighted by atomic mass is 9.99. The summed E-state index contributed by atoms with van der Waals surface area (Å²) in [6, 6.07) is 6.29. The van der Waals surface area contributed by atoms with Crippen molar-refractivity contribution in [2.75, 3.05) is 0 Å². The molecular formula is C12H9NO3. The summed E-state index contributed by atoms with van der Waals surface area (Å²) in [5.74, 6) is 0.0747. The smallest absolute Gasteiger partial charge is 0.269 e. The molecule has 0 heterocycles. The Kier molecular flexibility index (Phi) is 2.64. The second-order valence-corrected chi connectivity index (χ2v) is 3.47. The molecule has 0 radical (unpaired) electrons. The summed E-state index contributed by atoms with van der Waals surface area (Å²) < 4.78 is 0. The Balaban J connectivity index is 2.26. The van der Waals surface area contributed by atoms with Gasteiger partial charge in [-0.25, -0.2) is 0 Å². The summed E-state index contributed by atoms with van der Waals surface area (Å²) in [6.07, 6.45) is 5.47. The van der Waals surface area contributed by atoms with E-state index in [2.05, 4.69) is 0 Å². The molecule has 0 bridgehead atoms. The highest BCUT2D eigenvalue weighted by atomic mass is 16.6. The van der Waals surface area contributed by atoms with Gasteiger partial charge in [0, 0.05) is 18.6 Å². The van der Waals surface area contributed by atoms with Crippen LogP contribution in [0.1, 0.15) is 12.0 Å². The van der Waals surface area contributed by atoms with Gasteiger partial charge < -0.3 is 0 Å². The number of carbonyl (C=O) groups excluding carboxylic acids is 1. The number of nitro benzene ring substituents is 1. The lowest BCUT2D eigenvalue weighted by molar-refractivity contribution is -0.384. The number of carbonyl (C=O) groups is 1. The van der Waals surface area contributed by atoms with Crippen LogP contribution in [0.4, 0.5) is 5.69 Å². The fraction of sp³-hybridized carbons (Fsp3) is 0.0833. The zero-order valence-electron chi connectivity index (χ0n) is 8.42. The molecule has 16 heavy (non-hydrogen) atoms. The Bertz CT molecular complexity index is 498. The summed E-state index contributed by atoms with van der Waals surface area (Å²) in [5.41, 5.74) is 1.88. The van der Waals surface area contributed by atoms with Crippen molar-refractivity contribution < 1.29 is 9.72 Å². The number of nitrogens with zero attached hydrogens (tertiary/aromatic N) is 1. The number of nitro groups is 1. The molecule has 0 unspecified atom stereocenters. The van der Waals surface area contributed by atoms with Gasteiger partial charge in [0.2, 0.25) is 0 Å². The monoisotopic (exact) mass is 215 g/mol. The predicted molar refractivity (Wildman–Crippen MR) is 59.8 cm³/mol. The van der Waals surface area contributed by atoms with Gasteiger partial charge in [0.15, 0.2) is 5.78 Å². The van der Waals surface area contributed by atoms with Crippen molar-refractivity contribution >= 4 is 17.0 Å². The Labute approximate surface area is 92.1 Å². The van der Waals surface area contributed by atoms with Gasteiger partial charge in [-0.15, -0.1) is 0 Å². The number of hydrogen-bond acceptors (Lipinski definition) is 3. The van der Waals surface area contributed by atoms with E-state index >= 15 is 0 Å². The zero-order chi connectivity index (χ0) is 11.5. The average molecular weight is 215 g/mol. The summed E-state index contributed by atoms with van der Waals surface area (Å²) in [7, 11) is 0. The highest BCUT2D eigenvalue weighted by molar-refractivity contribution is 5.97. The van der Waals surface area contributed by atoms with Gasteiger partial charge in [-0.3, -0.25) is 14.9 Å². The number of hydrogen-bond donors (Lipinski definition) is 0. The SMILES string of the molecule is O=C1C=CC(c2ccc([N+](=O)[O-])cc2)=CC1. The minimum atomic E-state index is -0.432. The van der Waals surface area contributed by atoms with E-state index in [-0.39, 0.29) is 11.5 Å². The van der Waals surface area contributed by atoms with Crippen LogP contribution < -0.4 is 0 Å². The van der Waals surface area contributed by atoms with Crippen LogP contribution in [0.2, 0.25) is 0 Å². The van der Waals surface area contributed by atoms with Gasteiger partial charge in [0.25, 0.3) is 5.69 Å². The van der Waals surface area contributed by atoms with E-state index in [0.717, 1.165) is 11.1 Å². The van der Waals surface area contributed by atoms with Crippen molar-refractivity contribution in [3.05, 3.63) is 58.2 Å². The standard InChI is InChI=1S/C12H9NO3/c14-12-7-3-10(4-8-12)9-1-5-11(6-2-9)13(15)16/h1-7H,8H2. The molecule has 1 aliphatic rings. The molecule has 0 N–H and O–H groups in total. The number of non-ortho nitro benzene ring substituents is 1. The maximum atomic E-state index is 11.0.